The molecule has 2 aliphatic heterocycles. The fraction of sp³-hybridized carbons (Fsp3) is 0.273. The van der Waals surface area contributed by atoms with Crippen LogP contribution in [0.2, 0.25) is 5.02 Å². The van der Waals surface area contributed by atoms with Gasteiger partial charge in [-0.3, -0.25) is 4.90 Å². The van der Waals surface area contributed by atoms with Gasteiger partial charge in [0.25, 0.3) is 0 Å². The molecule has 0 saturated heterocycles. The predicted molar refractivity (Wildman–Crippen MR) is 110 cm³/mol. The Balaban J connectivity index is 1.46. The summed E-state index contributed by atoms with van der Waals surface area (Å²) in [6, 6.07) is 17.5. The molecule has 0 amide bonds. The van der Waals surface area contributed by atoms with Crippen LogP contribution in [0.1, 0.15) is 23.6 Å². The lowest BCUT2D eigenvalue weighted by Crippen LogP contribution is -2.42. The summed E-state index contributed by atoms with van der Waals surface area (Å²) in [7, 11) is 0. The largest absolute Gasteiger partial charge is 0.369 e. The SMILES string of the molecule is CC1=NC2=C(CN(Cc3cccc(C#N)c3)C2)C(O)N1Cc1ccc(Cl)cc1. The van der Waals surface area contributed by atoms with Gasteiger partial charge in [-0.2, -0.15) is 5.26 Å². The molecule has 0 saturated carbocycles. The van der Waals surface area contributed by atoms with Crippen LogP contribution in [0.15, 0.2) is 64.8 Å². The van der Waals surface area contributed by atoms with Crippen LogP contribution in [0, 0.1) is 11.3 Å². The number of aliphatic hydroxyl groups is 1. The van der Waals surface area contributed by atoms with Crippen LogP contribution in [0.5, 0.6) is 0 Å². The number of amidine groups is 1. The van der Waals surface area contributed by atoms with Crippen LogP contribution in [0.25, 0.3) is 0 Å². The number of halogens is 1. The van der Waals surface area contributed by atoms with E-state index in [2.05, 4.69) is 11.0 Å². The van der Waals surface area contributed by atoms with E-state index < -0.39 is 6.23 Å². The van der Waals surface area contributed by atoms with E-state index in [4.69, 9.17) is 21.9 Å². The van der Waals surface area contributed by atoms with Crippen LogP contribution in [0.3, 0.4) is 0 Å². The highest BCUT2D eigenvalue weighted by molar-refractivity contribution is 6.30. The van der Waals surface area contributed by atoms with Gasteiger partial charge in [0.15, 0.2) is 6.23 Å². The summed E-state index contributed by atoms with van der Waals surface area (Å²) in [5.41, 5.74) is 4.74. The van der Waals surface area contributed by atoms with Gasteiger partial charge in [0.05, 0.1) is 17.3 Å². The molecule has 0 radical (unpaired) electrons. The summed E-state index contributed by atoms with van der Waals surface area (Å²) in [5, 5.41) is 20.8. The minimum absolute atomic E-state index is 0.578. The maximum atomic E-state index is 11.0. The molecular formula is C22H21ClN4O. The van der Waals surface area contributed by atoms with E-state index in [0.717, 1.165) is 34.8 Å². The van der Waals surface area contributed by atoms with Crippen LogP contribution >= 0.6 is 11.6 Å². The summed E-state index contributed by atoms with van der Waals surface area (Å²) >= 11 is 5.97. The maximum absolute atomic E-state index is 11.0. The van der Waals surface area contributed by atoms with E-state index in [0.29, 0.717) is 30.2 Å². The molecule has 5 nitrogen and oxygen atoms in total. The first-order valence-electron chi connectivity index (χ1n) is 9.21. The zero-order valence-corrected chi connectivity index (χ0v) is 16.4. The van der Waals surface area contributed by atoms with Crippen molar-refractivity contribution in [3.8, 4) is 6.07 Å². The first-order valence-corrected chi connectivity index (χ1v) is 9.59. The smallest absolute Gasteiger partial charge is 0.153 e. The predicted octanol–water partition coefficient (Wildman–Crippen LogP) is 3.53. The molecule has 2 heterocycles. The third-order valence-corrected chi connectivity index (χ3v) is 5.44. The second kappa shape index (κ2) is 7.76. The Morgan fingerprint density at radius 2 is 1.93 bits per heavy atom. The Bertz CT molecular complexity index is 990. The molecule has 1 atom stereocenters. The Labute approximate surface area is 169 Å². The average molecular weight is 393 g/mol. The summed E-state index contributed by atoms with van der Waals surface area (Å²) in [6.07, 6.45) is -0.682. The highest BCUT2D eigenvalue weighted by Crippen LogP contribution is 2.30. The van der Waals surface area contributed by atoms with Crippen molar-refractivity contribution in [2.24, 2.45) is 4.99 Å². The van der Waals surface area contributed by atoms with Gasteiger partial charge in [0, 0.05) is 36.8 Å². The molecule has 1 N–H and O–H groups in total. The molecule has 2 aromatic rings. The Hall–Kier alpha value is -2.65. The van der Waals surface area contributed by atoms with Gasteiger partial charge in [0.2, 0.25) is 0 Å². The highest BCUT2D eigenvalue weighted by Gasteiger charge is 2.34. The van der Waals surface area contributed by atoms with Gasteiger partial charge < -0.3 is 10.0 Å². The molecule has 0 bridgehead atoms. The first-order chi connectivity index (χ1) is 13.5. The fourth-order valence-corrected chi connectivity index (χ4v) is 3.89. The van der Waals surface area contributed by atoms with Gasteiger partial charge in [-0.1, -0.05) is 35.9 Å². The van der Waals surface area contributed by atoms with E-state index in [1.165, 1.54) is 0 Å². The monoisotopic (exact) mass is 392 g/mol. The van der Waals surface area contributed by atoms with E-state index in [-0.39, 0.29) is 0 Å². The van der Waals surface area contributed by atoms with Crippen molar-refractivity contribution in [3.05, 3.63) is 81.5 Å². The van der Waals surface area contributed by atoms with Gasteiger partial charge in [0.1, 0.15) is 5.84 Å². The van der Waals surface area contributed by atoms with Gasteiger partial charge in [-0.15, -0.1) is 0 Å². The molecular weight excluding hydrogens is 372 g/mol. The maximum Gasteiger partial charge on any atom is 0.153 e. The Morgan fingerprint density at radius 3 is 2.68 bits per heavy atom. The zero-order valence-electron chi connectivity index (χ0n) is 15.6. The standard InChI is InChI=1S/C22H21ClN4O/c1-15-25-21-14-26(11-18-4-2-3-17(9-18)10-24)13-20(21)22(28)27(15)12-16-5-7-19(23)8-6-16/h2-9,22,28H,11-14H2,1H3. The average Bonchev–Trinajstić information content (AvgIpc) is 3.09. The molecule has 6 heteroatoms. The molecule has 0 fully saturated rings. The molecule has 4 rings (SSSR count). The van der Waals surface area contributed by atoms with Crippen molar-refractivity contribution in [2.75, 3.05) is 13.1 Å². The number of aliphatic hydroxyl groups excluding tert-OH is 1. The molecule has 0 aliphatic carbocycles. The number of hydrogen-bond acceptors (Lipinski definition) is 5. The summed E-state index contributed by atoms with van der Waals surface area (Å²) < 4.78 is 0. The van der Waals surface area contributed by atoms with Gasteiger partial charge >= 0.3 is 0 Å². The number of nitrogens with zero attached hydrogens (tertiary/aromatic N) is 4. The molecule has 2 aliphatic rings. The number of nitriles is 1. The van der Waals surface area contributed by atoms with Crippen molar-refractivity contribution in [1.29, 1.82) is 5.26 Å². The molecule has 28 heavy (non-hydrogen) atoms. The Morgan fingerprint density at radius 1 is 1.14 bits per heavy atom. The second-order valence-electron chi connectivity index (χ2n) is 7.22. The number of hydrogen-bond donors (Lipinski definition) is 1. The van der Waals surface area contributed by atoms with Crippen LogP contribution in [0.4, 0.5) is 0 Å². The molecule has 0 aromatic heterocycles. The summed E-state index contributed by atoms with van der Waals surface area (Å²) in [5.74, 6) is 0.814. The van der Waals surface area contributed by atoms with Crippen LogP contribution in [-0.2, 0) is 13.1 Å². The normalized spacial score (nSPS) is 19.4. The first kappa shape index (κ1) is 18.7. The van der Waals surface area contributed by atoms with Crippen molar-refractivity contribution in [1.82, 2.24) is 9.80 Å². The van der Waals surface area contributed by atoms with E-state index in [1.807, 2.05) is 60.4 Å². The van der Waals surface area contributed by atoms with Gasteiger partial charge in [-0.25, -0.2) is 4.99 Å². The van der Waals surface area contributed by atoms with Gasteiger partial charge in [-0.05, 0) is 42.3 Å². The third kappa shape index (κ3) is 3.81. The molecule has 1 unspecified atom stereocenters. The zero-order chi connectivity index (χ0) is 19.7. The second-order valence-corrected chi connectivity index (χ2v) is 7.65. The van der Waals surface area contributed by atoms with E-state index in [9.17, 15) is 5.11 Å². The minimum Gasteiger partial charge on any atom is -0.369 e. The quantitative estimate of drug-likeness (QED) is 0.864. The van der Waals surface area contributed by atoms with Crippen molar-refractivity contribution >= 4 is 17.4 Å². The van der Waals surface area contributed by atoms with Crippen LogP contribution < -0.4 is 0 Å². The van der Waals surface area contributed by atoms with Crippen molar-refractivity contribution < 1.29 is 5.11 Å². The topological polar surface area (TPSA) is 62.9 Å². The lowest BCUT2D eigenvalue weighted by atomic mass is 10.1. The Kier molecular flexibility index (Phi) is 5.19. The van der Waals surface area contributed by atoms with E-state index in [1.54, 1.807) is 0 Å². The number of benzene rings is 2. The van der Waals surface area contributed by atoms with Crippen molar-refractivity contribution in [3.63, 3.8) is 0 Å². The lowest BCUT2D eigenvalue weighted by Gasteiger charge is -2.33. The minimum atomic E-state index is -0.682. The highest BCUT2D eigenvalue weighted by atomic mass is 35.5. The van der Waals surface area contributed by atoms with E-state index >= 15 is 0 Å². The fourth-order valence-electron chi connectivity index (χ4n) is 3.76. The summed E-state index contributed by atoms with van der Waals surface area (Å²) in [4.78, 5) is 8.92. The third-order valence-electron chi connectivity index (χ3n) is 5.19. The molecule has 142 valence electrons. The van der Waals surface area contributed by atoms with Crippen molar-refractivity contribution in [2.45, 2.75) is 26.2 Å². The summed E-state index contributed by atoms with van der Waals surface area (Å²) in [6.45, 7) is 4.61. The lowest BCUT2D eigenvalue weighted by molar-refractivity contribution is 0.0736. The molecule has 0 spiro atoms. The van der Waals surface area contributed by atoms with Crippen LogP contribution in [-0.4, -0.2) is 40.1 Å². The number of aliphatic imine (C=N–C) groups is 1. The number of rotatable bonds is 4. The molecule has 2 aromatic carbocycles.